The molecule has 2 aromatic carbocycles. The van der Waals surface area contributed by atoms with Gasteiger partial charge in [-0.1, -0.05) is 45.4 Å². The summed E-state index contributed by atoms with van der Waals surface area (Å²) in [5.74, 6) is 1.94. The SMILES string of the molecule is Cc1ccc(-c2nnc(SCc3nnc(-c4ccc(Br)cc4)o3)o2)cc1. The second kappa shape index (κ2) is 7.43. The maximum atomic E-state index is 5.69. The first-order chi connectivity index (χ1) is 12.7. The molecule has 6 nitrogen and oxygen atoms in total. The monoisotopic (exact) mass is 428 g/mol. The third-order valence-electron chi connectivity index (χ3n) is 3.58. The van der Waals surface area contributed by atoms with Gasteiger partial charge in [-0.3, -0.25) is 0 Å². The number of rotatable bonds is 5. The van der Waals surface area contributed by atoms with Crippen molar-refractivity contribution in [3.8, 4) is 22.9 Å². The summed E-state index contributed by atoms with van der Waals surface area (Å²) >= 11 is 4.76. The minimum atomic E-state index is 0.457. The van der Waals surface area contributed by atoms with E-state index in [1.165, 1.54) is 17.3 Å². The topological polar surface area (TPSA) is 77.8 Å². The molecular weight excluding hydrogens is 416 g/mol. The fraction of sp³-hybridized carbons (Fsp3) is 0.111. The van der Waals surface area contributed by atoms with Crippen molar-refractivity contribution in [1.82, 2.24) is 20.4 Å². The maximum Gasteiger partial charge on any atom is 0.277 e. The van der Waals surface area contributed by atoms with E-state index in [0.29, 0.717) is 28.6 Å². The second-order valence-corrected chi connectivity index (χ2v) is 7.38. The van der Waals surface area contributed by atoms with Gasteiger partial charge in [0.1, 0.15) is 0 Å². The molecule has 0 bridgehead atoms. The van der Waals surface area contributed by atoms with Gasteiger partial charge in [0.05, 0.1) is 5.75 Å². The summed E-state index contributed by atoms with van der Waals surface area (Å²) in [6, 6.07) is 15.6. The predicted octanol–water partition coefficient (Wildman–Crippen LogP) is 5.15. The fourth-order valence-electron chi connectivity index (χ4n) is 2.23. The Labute approximate surface area is 162 Å². The average Bonchev–Trinajstić information content (AvgIpc) is 3.31. The highest BCUT2D eigenvalue weighted by atomic mass is 79.9. The molecule has 0 fully saturated rings. The van der Waals surface area contributed by atoms with Crippen molar-refractivity contribution < 1.29 is 8.83 Å². The molecule has 26 heavy (non-hydrogen) atoms. The highest BCUT2D eigenvalue weighted by Gasteiger charge is 2.13. The van der Waals surface area contributed by atoms with E-state index in [1.807, 2.05) is 55.5 Å². The summed E-state index contributed by atoms with van der Waals surface area (Å²) in [4.78, 5) is 0. The lowest BCUT2D eigenvalue weighted by Gasteiger charge is -1.95. The van der Waals surface area contributed by atoms with Gasteiger partial charge in [0.25, 0.3) is 5.22 Å². The zero-order valence-electron chi connectivity index (χ0n) is 13.7. The van der Waals surface area contributed by atoms with Crippen LogP contribution in [0.25, 0.3) is 22.9 Å². The normalized spacial score (nSPS) is 11.0. The molecule has 0 aliphatic carbocycles. The van der Waals surface area contributed by atoms with Crippen LogP contribution in [0.2, 0.25) is 0 Å². The molecule has 8 heteroatoms. The maximum absolute atomic E-state index is 5.69. The molecule has 0 spiro atoms. The van der Waals surface area contributed by atoms with Gasteiger partial charge in [-0.2, -0.15) is 0 Å². The predicted molar refractivity (Wildman–Crippen MR) is 101 cm³/mol. The molecule has 4 aromatic rings. The summed E-state index contributed by atoms with van der Waals surface area (Å²) in [6.07, 6.45) is 0. The van der Waals surface area contributed by atoms with Crippen molar-refractivity contribution in [2.45, 2.75) is 17.9 Å². The number of hydrogen-bond donors (Lipinski definition) is 0. The molecule has 0 aliphatic rings. The number of nitrogens with zero attached hydrogens (tertiary/aromatic N) is 4. The van der Waals surface area contributed by atoms with Crippen molar-refractivity contribution in [3.63, 3.8) is 0 Å². The third kappa shape index (κ3) is 3.86. The Kier molecular flexibility index (Phi) is 4.85. The fourth-order valence-corrected chi connectivity index (χ4v) is 3.09. The first kappa shape index (κ1) is 17.0. The summed E-state index contributed by atoms with van der Waals surface area (Å²) in [5.41, 5.74) is 2.95. The Hall–Kier alpha value is -2.45. The number of aromatic nitrogens is 4. The molecule has 0 aliphatic heterocycles. The first-order valence-electron chi connectivity index (χ1n) is 7.79. The number of aryl methyl sites for hydroxylation is 1. The van der Waals surface area contributed by atoms with Crippen LogP contribution in [0, 0.1) is 6.92 Å². The Morgan fingerprint density at radius 3 is 2.15 bits per heavy atom. The summed E-state index contributed by atoms with van der Waals surface area (Å²) in [7, 11) is 0. The van der Waals surface area contributed by atoms with Gasteiger partial charge >= 0.3 is 0 Å². The highest BCUT2D eigenvalue weighted by Crippen LogP contribution is 2.27. The van der Waals surface area contributed by atoms with Crippen molar-refractivity contribution in [3.05, 3.63) is 64.5 Å². The molecular formula is C18H13BrN4O2S. The minimum Gasteiger partial charge on any atom is -0.420 e. The zero-order chi connectivity index (χ0) is 17.9. The van der Waals surface area contributed by atoms with Gasteiger partial charge < -0.3 is 8.83 Å². The van der Waals surface area contributed by atoms with E-state index in [4.69, 9.17) is 8.83 Å². The Bertz CT molecular complexity index is 929. The van der Waals surface area contributed by atoms with Crippen molar-refractivity contribution in [1.29, 1.82) is 0 Å². The highest BCUT2D eigenvalue weighted by molar-refractivity contribution is 9.10. The van der Waals surface area contributed by atoms with Gasteiger partial charge in [0.2, 0.25) is 17.7 Å². The molecule has 0 saturated heterocycles. The van der Waals surface area contributed by atoms with E-state index >= 15 is 0 Å². The second-order valence-electron chi connectivity index (χ2n) is 5.54. The minimum absolute atomic E-state index is 0.457. The van der Waals surface area contributed by atoms with E-state index in [1.54, 1.807) is 0 Å². The van der Waals surface area contributed by atoms with Crippen LogP contribution < -0.4 is 0 Å². The van der Waals surface area contributed by atoms with Gasteiger partial charge in [0.15, 0.2) is 0 Å². The molecule has 2 heterocycles. The molecule has 4 rings (SSSR count). The smallest absolute Gasteiger partial charge is 0.277 e. The van der Waals surface area contributed by atoms with Crippen LogP contribution in [-0.4, -0.2) is 20.4 Å². The molecule has 0 saturated carbocycles. The lowest BCUT2D eigenvalue weighted by atomic mass is 10.1. The molecule has 130 valence electrons. The van der Waals surface area contributed by atoms with E-state index in [0.717, 1.165) is 15.6 Å². The summed E-state index contributed by atoms with van der Waals surface area (Å²) < 4.78 is 12.4. The van der Waals surface area contributed by atoms with Gasteiger partial charge in [-0.05, 0) is 43.3 Å². The van der Waals surface area contributed by atoms with Crippen LogP contribution in [0.5, 0.6) is 0 Å². The number of halogens is 1. The first-order valence-corrected chi connectivity index (χ1v) is 9.57. The quantitative estimate of drug-likeness (QED) is 0.406. The van der Waals surface area contributed by atoms with E-state index in [9.17, 15) is 0 Å². The van der Waals surface area contributed by atoms with Crippen LogP contribution in [-0.2, 0) is 5.75 Å². The molecule has 0 amide bonds. The van der Waals surface area contributed by atoms with E-state index < -0.39 is 0 Å². The van der Waals surface area contributed by atoms with Crippen LogP contribution in [0.4, 0.5) is 0 Å². The number of hydrogen-bond acceptors (Lipinski definition) is 7. The average molecular weight is 429 g/mol. The van der Waals surface area contributed by atoms with Gasteiger partial charge in [-0.25, -0.2) is 0 Å². The van der Waals surface area contributed by atoms with Crippen LogP contribution in [0.3, 0.4) is 0 Å². The van der Waals surface area contributed by atoms with Crippen molar-refractivity contribution in [2.24, 2.45) is 0 Å². The summed E-state index contributed by atoms with van der Waals surface area (Å²) in [5, 5.41) is 16.7. The lowest BCUT2D eigenvalue weighted by molar-refractivity contribution is 0.464. The van der Waals surface area contributed by atoms with Crippen molar-refractivity contribution in [2.75, 3.05) is 0 Å². The van der Waals surface area contributed by atoms with Gasteiger partial charge in [0, 0.05) is 15.6 Å². The Morgan fingerprint density at radius 1 is 0.808 bits per heavy atom. The molecule has 0 N–H and O–H groups in total. The third-order valence-corrected chi connectivity index (χ3v) is 4.91. The van der Waals surface area contributed by atoms with E-state index in [-0.39, 0.29) is 0 Å². The van der Waals surface area contributed by atoms with E-state index in [2.05, 4.69) is 36.3 Å². The standard InChI is InChI=1S/C18H13BrN4O2S/c1-11-2-4-12(5-3-11)17-22-23-18(25-17)26-10-15-20-21-16(24-15)13-6-8-14(19)9-7-13/h2-9H,10H2,1H3. The largest absolute Gasteiger partial charge is 0.420 e. The van der Waals surface area contributed by atoms with Gasteiger partial charge in [-0.15, -0.1) is 20.4 Å². The van der Waals surface area contributed by atoms with Crippen LogP contribution in [0.15, 0.2) is 67.1 Å². The zero-order valence-corrected chi connectivity index (χ0v) is 16.1. The van der Waals surface area contributed by atoms with Crippen LogP contribution >= 0.6 is 27.7 Å². The Balaban J connectivity index is 1.42. The van der Waals surface area contributed by atoms with Crippen LogP contribution in [0.1, 0.15) is 11.5 Å². The van der Waals surface area contributed by atoms with Crippen molar-refractivity contribution >= 4 is 27.7 Å². The Morgan fingerprint density at radius 2 is 1.42 bits per heavy atom. The molecule has 0 unspecified atom stereocenters. The summed E-state index contributed by atoms with van der Waals surface area (Å²) in [6.45, 7) is 2.03. The number of thioether (sulfide) groups is 1. The lowest BCUT2D eigenvalue weighted by Crippen LogP contribution is -1.80. The molecule has 2 aromatic heterocycles. The molecule has 0 radical (unpaired) electrons. The molecule has 0 atom stereocenters. The number of benzene rings is 2.